The Morgan fingerprint density at radius 2 is 2.26 bits per heavy atom. The number of nitrogens with zero attached hydrogens (tertiary/aromatic N) is 3. The fourth-order valence-electron chi connectivity index (χ4n) is 1.75. The van der Waals surface area contributed by atoms with Gasteiger partial charge in [0.1, 0.15) is 5.69 Å². The second kappa shape index (κ2) is 4.92. The van der Waals surface area contributed by atoms with Gasteiger partial charge in [0.05, 0.1) is 23.4 Å². The zero-order valence-corrected chi connectivity index (χ0v) is 10.2. The lowest BCUT2D eigenvalue weighted by molar-refractivity contribution is 0.0995. The fraction of sp³-hybridized carbons (Fsp3) is 0.154. The second-order valence-electron chi connectivity index (χ2n) is 4.07. The molecule has 6 heteroatoms. The highest BCUT2D eigenvalue weighted by Crippen LogP contribution is 2.22. The largest absolute Gasteiger partial charge is 0.389 e. The number of rotatable bonds is 3. The minimum atomic E-state index is -0.719. The first kappa shape index (κ1) is 12.8. The molecule has 1 aromatic carbocycles. The number of hydrogen-bond acceptors (Lipinski definition) is 4. The molecule has 1 atom stereocenters. The van der Waals surface area contributed by atoms with E-state index in [1.54, 1.807) is 31.3 Å². The van der Waals surface area contributed by atoms with Crippen LogP contribution in [0.4, 0.5) is 0 Å². The van der Waals surface area contributed by atoms with E-state index in [0.717, 1.165) is 0 Å². The predicted octanol–water partition coefficient (Wildman–Crippen LogP) is 0.896. The molecule has 0 radical (unpaired) electrons. The summed E-state index contributed by atoms with van der Waals surface area (Å²) < 4.78 is 1.42. The molecule has 1 heterocycles. The van der Waals surface area contributed by atoms with Gasteiger partial charge in [-0.05, 0) is 25.1 Å². The molecule has 0 aliphatic heterocycles. The summed E-state index contributed by atoms with van der Waals surface area (Å²) in [5, 5.41) is 22.7. The number of carbonyl (C=O) groups excluding carboxylic acids is 1. The molecule has 3 N–H and O–H groups in total. The molecule has 1 aromatic heterocycles. The van der Waals surface area contributed by atoms with Crippen LogP contribution in [-0.4, -0.2) is 20.8 Å². The van der Waals surface area contributed by atoms with E-state index in [1.807, 2.05) is 6.07 Å². The van der Waals surface area contributed by atoms with E-state index in [9.17, 15) is 9.90 Å². The van der Waals surface area contributed by atoms with Gasteiger partial charge in [-0.1, -0.05) is 6.07 Å². The van der Waals surface area contributed by atoms with E-state index in [1.165, 1.54) is 10.7 Å². The van der Waals surface area contributed by atoms with Gasteiger partial charge < -0.3 is 10.8 Å². The highest BCUT2D eigenvalue weighted by molar-refractivity contribution is 5.90. The lowest BCUT2D eigenvalue weighted by Crippen LogP contribution is -2.12. The molecular weight excluding hydrogens is 244 g/mol. The summed E-state index contributed by atoms with van der Waals surface area (Å²) in [6.45, 7) is 1.61. The van der Waals surface area contributed by atoms with Crippen molar-refractivity contribution < 1.29 is 9.90 Å². The van der Waals surface area contributed by atoms with Crippen LogP contribution in [0.15, 0.2) is 30.5 Å². The Kier molecular flexibility index (Phi) is 3.31. The summed E-state index contributed by atoms with van der Waals surface area (Å²) in [6.07, 6.45) is 0.839. The second-order valence-corrected chi connectivity index (χ2v) is 4.07. The summed E-state index contributed by atoms with van der Waals surface area (Å²) >= 11 is 0. The Morgan fingerprint density at radius 1 is 1.53 bits per heavy atom. The molecule has 0 saturated carbocycles. The van der Waals surface area contributed by atoms with Crippen molar-refractivity contribution in [1.82, 2.24) is 9.78 Å². The van der Waals surface area contributed by atoms with Crippen LogP contribution in [0, 0.1) is 11.3 Å². The highest BCUT2D eigenvalue weighted by atomic mass is 16.3. The Balaban J connectivity index is 2.58. The number of aliphatic hydroxyl groups is 1. The van der Waals surface area contributed by atoms with E-state index >= 15 is 0 Å². The molecule has 0 fully saturated rings. The topological polar surface area (TPSA) is 105 Å². The van der Waals surface area contributed by atoms with Crippen LogP contribution in [0.1, 0.15) is 34.6 Å². The molecule has 0 aliphatic carbocycles. The Hall–Kier alpha value is -2.65. The van der Waals surface area contributed by atoms with E-state index in [2.05, 4.69) is 5.10 Å². The Morgan fingerprint density at radius 3 is 2.79 bits per heavy atom. The smallest absolute Gasteiger partial charge is 0.269 e. The zero-order chi connectivity index (χ0) is 14.0. The van der Waals surface area contributed by atoms with E-state index in [-0.39, 0.29) is 5.69 Å². The third kappa shape index (κ3) is 2.46. The minimum absolute atomic E-state index is 0.124. The Labute approximate surface area is 109 Å². The predicted molar refractivity (Wildman–Crippen MR) is 67.4 cm³/mol. The number of carbonyl (C=O) groups is 1. The third-order valence-corrected chi connectivity index (χ3v) is 2.70. The molecule has 1 unspecified atom stereocenters. The lowest BCUT2D eigenvalue weighted by Gasteiger charge is -2.12. The van der Waals surface area contributed by atoms with Gasteiger partial charge in [-0.3, -0.25) is 4.79 Å². The standard InChI is InChI=1S/C13H12N4O2/c1-8(18)10-3-2-9(7-14)6-12(10)17-5-4-11(16-17)13(15)19/h2-6,8,18H,1H3,(H2,15,19). The number of nitrogens with two attached hydrogens (primary N) is 1. The normalized spacial score (nSPS) is 11.8. The van der Waals surface area contributed by atoms with Crippen LogP contribution < -0.4 is 5.73 Å². The van der Waals surface area contributed by atoms with Crippen molar-refractivity contribution in [2.24, 2.45) is 5.73 Å². The van der Waals surface area contributed by atoms with Crippen molar-refractivity contribution in [2.75, 3.05) is 0 Å². The summed E-state index contributed by atoms with van der Waals surface area (Å²) in [5.74, 6) is -0.631. The fourth-order valence-corrected chi connectivity index (χ4v) is 1.75. The first-order chi connectivity index (χ1) is 9.02. The number of amides is 1. The Bertz CT molecular complexity index is 668. The van der Waals surface area contributed by atoms with Gasteiger partial charge in [-0.2, -0.15) is 10.4 Å². The first-order valence-corrected chi connectivity index (χ1v) is 5.61. The van der Waals surface area contributed by atoms with E-state index < -0.39 is 12.0 Å². The van der Waals surface area contributed by atoms with Crippen molar-refractivity contribution in [3.63, 3.8) is 0 Å². The number of hydrogen-bond donors (Lipinski definition) is 2. The van der Waals surface area contributed by atoms with Crippen LogP contribution in [0.25, 0.3) is 5.69 Å². The minimum Gasteiger partial charge on any atom is -0.389 e. The number of nitriles is 1. The maximum Gasteiger partial charge on any atom is 0.269 e. The first-order valence-electron chi connectivity index (χ1n) is 5.61. The summed E-state index contributed by atoms with van der Waals surface area (Å²) in [4.78, 5) is 11.0. The van der Waals surface area contributed by atoms with Gasteiger partial charge in [-0.15, -0.1) is 0 Å². The van der Waals surface area contributed by atoms with Crippen LogP contribution >= 0.6 is 0 Å². The van der Waals surface area contributed by atoms with Crippen LogP contribution in [-0.2, 0) is 0 Å². The number of aliphatic hydroxyl groups excluding tert-OH is 1. The van der Waals surface area contributed by atoms with Crippen molar-refractivity contribution in [3.8, 4) is 11.8 Å². The summed E-state index contributed by atoms with van der Waals surface area (Å²) in [6, 6.07) is 8.37. The van der Waals surface area contributed by atoms with Gasteiger partial charge in [-0.25, -0.2) is 4.68 Å². The van der Waals surface area contributed by atoms with Gasteiger partial charge in [0.15, 0.2) is 0 Å². The zero-order valence-electron chi connectivity index (χ0n) is 10.2. The van der Waals surface area contributed by atoms with Crippen molar-refractivity contribution in [2.45, 2.75) is 13.0 Å². The average Bonchev–Trinajstić information content (AvgIpc) is 2.87. The molecule has 6 nitrogen and oxygen atoms in total. The maximum atomic E-state index is 11.0. The molecule has 96 valence electrons. The van der Waals surface area contributed by atoms with Crippen LogP contribution in [0.2, 0.25) is 0 Å². The monoisotopic (exact) mass is 256 g/mol. The third-order valence-electron chi connectivity index (χ3n) is 2.70. The number of benzene rings is 1. The quantitative estimate of drug-likeness (QED) is 0.850. The highest BCUT2D eigenvalue weighted by Gasteiger charge is 2.13. The van der Waals surface area contributed by atoms with Crippen molar-refractivity contribution in [1.29, 1.82) is 5.26 Å². The van der Waals surface area contributed by atoms with Crippen LogP contribution in [0.5, 0.6) is 0 Å². The molecule has 0 aliphatic rings. The maximum absolute atomic E-state index is 11.0. The molecule has 19 heavy (non-hydrogen) atoms. The lowest BCUT2D eigenvalue weighted by atomic mass is 10.1. The van der Waals surface area contributed by atoms with Crippen molar-refractivity contribution >= 4 is 5.91 Å². The molecule has 0 bridgehead atoms. The van der Waals surface area contributed by atoms with Gasteiger partial charge in [0.2, 0.25) is 0 Å². The van der Waals surface area contributed by atoms with Gasteiger partial charge in [0.25, 0.3) is 5.91 Å². The summed E-state index contributed by atoms with van der Waals surface area (Å²) in [7, 11) is 0. The molecule has 0 spiro atoms. The number of aromatic nitrogens is 2. The molecule has 2 aromatic rings. The van der Waals surface area contributed by atoms with Crippen LogP contribution in [0.3, 0.4) is 0 Å². The molecule has 1 amide bonds. The molecule has 2 rings (SSSR count). The average molecular weight is 256 g/mol. The van der Waals surface area contributed by atoms with Gasteiger partial charge in [0, 0.05) is 11.8 Å². The van der Waals surface area contributed by atoms with E-state index in [4.69, 9.17) is 11.0 Å². The molecular formula is C13H12N4O2. The SMILES string of the molecule is CC(O)c1ccc(C#N)cc1-n1ccc(C(N)=O)n1. The number of primary amides is 1. The molecule has 0 saturated heterocycles. The van der Waals surface area contributed by atoms with Crippen molar-refractivity contribution in [3.05, 3.63) is 47.3 Å². The van der Waals surface area contributed by atoms with Gasteiger partial charge >= 0.3 is 0 Å². The summed E-state index contributed by atoms with van der Waals surface area (Å²) in [5.41, 5.74) is 6.86. The van der Waals surface area contributed by atoms with E-state index in [0.29, 0.717) is 16.8 Å².